The summed E-state index contributed by atoms with van der Waals surface area (Å²) in [5.74, 6) is -0.937. The lowest BCUT2D eigenvalue weighted by Crippen LogP contribution is -2.41. The van der Waals surface area contributed by atoms with Crippen molar-refractivity contribution in [3.63, 3.8) is 0 Å². The molecule has 0 aliphatic rings. The number of rotatable bonds is 8. The van der Waals surface area contributed by atoms with Crippen molar-refractivity contribution >= 4 is 25.2 Å². The summed E-state index contributed by atoms with van der Waals surface area (Å²) < 4.78 is 16.1. The average molecular weight is 324 g/mol. The van der Waals surface area contributed by atoms with Crippen LogP contribution in [0.5, 0.6) is 0 Å². The second-order valence-electron chi connectivity index (χ2n) is 4.55. The monoisotopic (exact) mass is 324 g/mol. The molecule has 1 heterocycles. The van der Waals surface area contributed by atoms with E-state index >= 15 is 0 Å². The van der Waals surface area contributed by atoms with Crippen LogP contribution in [0.4, 0.5) is 0 Å². The Morgan fingerprint density at radius 2 is 1.78 bits per heavy atom. The third kappa shape index (κ3) is 6.51. The van der Waals surface area contributed by atoms with Crippen LogP contribution in [0.15, 0.2) is 15.8 Å². The van der Waals surface area contributed by atoms with E-state index in [1.165, 1.54) is 13.8 Å². The molecular formula is C13H17BN2O7. The highest BCUT2D eigenvalue weighted by molar-refractivity contribution is 6.31. The first kappa shape index (κ1) is 18.7. The number of carbonyl (C=O) groups excluding carboxylic acids is 2. The minimum absolute atomic E-state index is 0.000956. The second kappa shape index (κ2) is 8.94. The van der Waals surface area contributed by atoms with Crippen molar-refractivity contribution in [1.82, 2.24) is 9.55 Å². The second-order valence-corrected chi connectivity index (χ2v) is 4.55. The van der Waals surface area contributed by atoms with Gasteiger partial charge in [0.1, 0.15) is 20.7 Å². The Kier molecular flexibility index (Phi) is 7.26. The minimum Gasteiger partial charge on any atom is -0.466 e. The van der Waals surface area contributed by atoms with E-state index in [1.54, 1.807) is 0 Å². The van der Waals surface area contributed by atoms with Crippen molar-refractivity contribution in [2.75, 3.05) is 19.8 Å². The smallest absolute Gasteiger partial charge is 0.330 e. The van der Waals surface area contributed by atoms with Crippen LogP contribution in [0.2, 0.25) is 0 Å². The van der Waals surface area contributed by atoms with E-state index in [9.17, 15) is 19.2 Å². The van der Waals surface area contributed by atoms with Gasteiger partial charge in [0.2, 0.25) is 5.56 Å². The van der Waals surface area contributed by atoms with Crippen molar-refractivity contribution in [2.24, 2.45) is 0 Å². The summed E-state index contributed by atoms with van der Waals surface area (Å²) in [5, 5.41) is 0. The number of hydrogen-bond acceptors (Lipinski definition) is 7. The normalized spacial score (nSPS) is 11.7. The van der Waals surface area contributed by atoms with Crippen LogP contribution in [0.3, 0.4) is 0 Å². The summed E-state index contributed by atoms with van der Waals surface area (Å²) >= 11 is 0. The lowest BCUT2D eigenvalue weighted by Gasteiger charge is -2.20. The quantitative estimate of drug-likeness (QED) is 0.346. The third-order valence-corrected chi connectivity index (χ3v) is 2.67. The zero-order valence-electron chi connectivity index (χ0n) is 12.9. The van der Waals surface area contributed by atoms with Gasteiger partial charge in [-0.25, -0.2) is 4.79 Å². The molecule has 0 unspecified atom stereocenters. The minimum atomic E-state index is -0.850. The Hall–Kier alpha value is -2.36. The summed E-state index contributed by atoms with van der Waals surface area (Å²) in [6.07, 6.45) is 0.438. The van der Waals surface area contributed by atoms with Gasteiger partial charge >= 0.3 is 17.6 Å². The fourth-order valence-electron chi connectivity index (χ4n) is 1.69. The molecule has 0 fully saturated rings. The molecule has 0 aliphatic heterocycles. The molecule has 1 aromatic rings. The molecule has 1 rings (SSSR count). The van der Waals surface area contributed by atoms with E-state index in [0.29, 0.717) is 0 Å². The maximum absolute atomic E-state index is 11.9. The number of hydrogen-bond donors (Lipinski definition) is 1. The van der Waals surface area contributed by atoms with E-state index in [0.717, 1.165) is 10.8 Å². The lowest BCUT2D eigenvalue weighted by atomic mass is 10.0. The van der Waals surface area contributed by atoms with Crippen LogP contribution in [0, 0.1) is 0 Å². The Labute approximate surface area is 133 Å². The Morgan fingerprint density at radius 1 is 1.17 bits per heavy atom. The fourth-order valence-corrected chi connectivity index (χ4v) is 1.69. The summed E-state index contributed by atoms with van der Waals surface area (Å²) in [6.45, 7) is 2.51. The molecule has 2 radical (unpaired) electrons. The fraction of sp³-hybridized carbons (Fsp3) is 0.538. The summed E-state index contributed by atoms with van der Waals surface area (Å²) in [6, 6.07) is 0. The molecule has 23 heavy (non-hydrogen) atoms. The largest absolute Gasteiger partial charge is 0.466 e. The van der Waals surface area contributed by atoms with Crippen LogP contribution < -0.4 is 16.7 Å². The number of esters is 2. The molecule has 1 atom stereocenters. The highest BCUT2D eigenvalue weighted by atomic mass is 16.6. The molecule has 9 nitrogen and oxygen atoms in total. The highest BCUT2D eigenvalue weighted by Crippen LogP contribution is 2.10. The molecule has 1 aromatic heterocycles. The van der Waals surface area contributed by atoms with Crippen LogP contribution in [-0.4, -0.2) is 49.2 Å². The molecule has 1 N–H and O–H groups in total. The number of carbonyl (C=O) groups is 2. The van der Waals surface area contributed by atoms with Gasteiger partial charge in [-0.05, 0) is 5.46 Å². The zero-order chi connectivity index (χ0) is 17.4. The number of ether oxygens (including phenoxy) is 3. The van der Waals surface area contributed by atoms with Crippen LogP contribution in [0.1, 0.15) is 26.5 Å². The molecule has 0 amide bonds. The van der Waals surface area contributed by atoms with Gasteiger partial charge in [-0.1, -0.05) is 0 Å². The van der Waals surface area contributed by atoms with Gasteiger partial charge in [0, 0.05) is 26.5 Å². The van der Waals surface area contributed by atoms with Gasteiger partial charge in [0.05, 0.1) is 13.2 Å². The number of aromatic amines is 1. The van der Waals surface area contributed by atoms with E-state index < -0.39 is 29.4 Å². The van der Waals surface area contributed by atoms with Gasteiger partial charge in [-0.2, -0.15) is 0 Å². The number of aromatic nitrogens is 2. The molecular weight excluding hydrogens is 307 g/mol. The number of nitrogens with one attached hydrogen (secondary N) is 1. The van der Waals surface area contributed by atoms with Crippen molar-refractivity contribution in [1.29, 1.82) is 0 Å². The first-order chi connectivity index (χ1) is 10.8. The van der Waals surface area contributed by atoms with E-state index in [4.69, 9.17) is 22.1 Å². The average Bonchev–Trinajstić information content (AvgIpc) is 2.45. The van der Waals surface area contributed by atoms with E-state index in [2.05, 4.69) is 0 Å². The summed E-state index contributed by atoms with van der Waals surface area (Å²) in [7, 11) is 5.49. The van der Waals surface area contributed by atoms with E-state index in [1.807, 2.05) is 4.98 Å². The molecule has 0 saturated heterocycles. The van der Waals surface area contributed by atoms with Crippen molar-refractivity contribution < 1.29 is 23.8 Å². The number of H-pyrrole nitrogens is 1. The van der Waals surface area contributed by atoms with Crippen molar-refractivity contribution in [3.05, 3.63) is 27.0 Å². The van der Waals surface area contributed by atoms with Gasteiger partial charge < -0.3 is 14.2 Å². The van der Waals surface area contributed by atoms with Gasteiger partial charge in [-0.3, -0.25) is 23.9 Å². The molecule has 0 spiro atoms. The van der Waals surface area contributed by atoms with E-state index in [-0.39, 0.29) is 31.7 Å². The highest BCUT2D eigenvalue weighted by Gasteiger charge is 2.15. The third-order valence-electron chi connectivity index (χ3n) is 2.67. The predicted molar refractivity (Wildman–Crippen MR) is 79.6 cm³/mol. The summed E-state index contributed by atoms with van der Waals surface area (Å²) in [4.78, 5) is 46.7. The molecule has 0 bridgehead atoms. The van der Waals surface area contributed by atoms with Crippen LogP contribution in [-0.2, 0) is 23.8 Å². The topological polar surface area (TPSA) is 117 Å². The number of nitrogens with zero attached hydrogens (tertiary/aromatic N) is 1. The zero-order valence-corrected chi connectivity index (χ0v) is 12.9. The maximum atomic E-state index is 11.9. The lowest BCUT2D eigenvalue weighted by molar-refractivity contribution is -0.146. The molecule has 0 saturated carbocycles. The van der Waals surface area contributed by atoms with Crippen LogP contribution in [0.25, 0.3) is 0 Å². The molecule has 0 aliphatic carbocycles. The standard InChI is InChI=1S/C13H17BN2O7/c1-8(17)21-4-3-11(23-6-5-22-9(2)18)16-7-10(14)12(19)15-13(16)20/h7,11H,3-6H2,1-2H3,(H,15,19,20)/t11-/m1/s1. The van der Waals surface area contributed by atoms with Gasteiger partial charge in [0.15, 0.2) is 0 Å². The molecule has 124 valence electrons. The summed E-state index contributed by atoms with van der Waals surface area (Å²) in [5.41, 5.74) is -1.58. The Bertz CT molecular complexity index is 667. The SMILES string of the molecule is [B]c1cn([C@@H](CCOC(C)=O)OCCOC(C)=O)c(=O)[nH]c1=O. The predicted octanol–water partition coefficient (Wildman–Crippen LogP) is -1.64. The Balaban J connectivity index is 2.83. The molecule has 0 aromatic carbocycles. The Morgan fingerprint density at radius 3 is 2.39 bits per heavy atom. The first-order valence-electron chi connectivity index (χ1n) is 6.80. The van der Waals surface area contributed by atoms with Gasteiger partial charge in [0.25, 0.3) is 0 Å². The first-order valence-corrected chi connectivity index (χ1v) is 6.80. The van der Waals surface area contributed by atoms with Crippen molar-refractivity contribution in [3.8, 4) is 0 Å². The van der Waals surface area contributed by atoms with Crippen molar-refractivity contribution in [2.45, 2.75) is 26.5 Å². The van der Waals surface area contributed by atoms with Crippen LogP contribution >= 0.6 is 0 Å². The maximum Gasteiger partial charge on any atom is 0.330 e. The van der Waals surface area contributed by atoms with Gasteiger partial charge in [-0.15, -0.1) is 0 Å². The molecule has 10 heteroatoms.